The van der Waals surface area contributed by atoms with E-state index >= 15 is 0 Å². The minimum atomic E-state index is -3.82. The maximum absolute atomic E-state index is 11.0. The molecule has 16 heavy (non-hydrogen) atoms. The molecule has 0 bridgehead atoms. The lowest BCUT2D eigenvalue weighted by Gasteiger charge is -1.99. The van der Waals surface area contributed by atoms with Crippen molar-refractivity contribution in [2.45, 2.75) is 5.03 Å². The minimum Gasteiger partial charge on any atom is -0.219 e. The van der Waals surface area contributed by atoms with Gasteiger partial charge in [0.25, 0.3) is 9.05 Å². The molecule has 2 rings (SSSR count). The van der Waals surface area contributed by atoms with Crippen molar-refractivity contribution in [3.05, 3.63) is 34.0 Å². The Morgan fingerprint density at radius 1 is 1.38 bits per heavy atom. The summed E-state index contributed by atoms with van der Waals surface area (Å²) in [5.74, 6) is 0. The van der Waals surface area contributed by atoms with E-state index in [1.165, 1.54) is 10.9 Å². The second-order valence-corrected chi connectivity index (χ2v) is 6.68. The Hall–Kier alpha value is -0.670. The van der Waals surface area contributed by atoms with E-state index in [0.717, 1.165) is 9.26 Å². The molecule has 0 spiro atoms. The summed E-state index contributed by atoms with van der Waals surface area (Å²) in [4.78, 5) is 0. The van der Waals surface area contributed by atoms with Gasteiger partial charge in [-0.15, -0.1) is 5.10 Å². The molecule has 0 N–H and O–H groups in total. The van der Waals surface area contributed by atoms with Crippen LogP contribution < -0.4 is 0 Å². The third-order valence-electron chi connectivity index (χ3n) is 1.79. The van der Waals surface area contributed by atoms with Crippen molar-refractivity contribution in [1.29, 1.82) is 0 Å². The predicted octanol–water partition coefficient (Wildman–Crippen LogP) is 1.80. The van der Waals surface area contributed by atoms with Crippen LogP contribution >= 0.6 is 33.3 Å². The SMILES string of the molecule is O=S(=O)(Cl)c1cn(-c2cccc(I)c2)nn1. The van der Waals surface area contributed by atoms with Gasteiger partial charge in [0.1, 0.15) is 0 Å². The number of rotatable bonds is 2. The lowest BCUT2D eigenvalue weighted by Crippen LogP contribution is -1.94. The van der Waals surface area contributed by atoms with Gasteiger partial charge in [-0.3, -0.25) is 0 Å². The zero-order chi connectivity index (χ0) is 11.8. The number of aromatic nitrogens is 3. The van der Waals surface area contributed by atoms with Crippen molar-refractivity contribution in [3.63, 3.8) is 0 Å². The molecular formula is C8H5ClIN3O2S. The van der Waals surface area contributed by atoms with Gasteiger partial charge in [0, 0.05) is 14.3 Å². The largest absolute Gasteiger partial charge is 0.282 e. The average Bonchev–Trinajstić information content (AvgIpc) is 2.65. The Balaban J connectivity index is 2.47. The zero-order valence-electron chi connectivity index (χ0n) is 7.71. The van der Waals surface area contributed by atoms with Crippen molar-refractivity contribution < 1.29 is 8.42 Å². The van der Waals surface area contributed by atoms with Crippen LogP contribution in [0.5, 0.6) is 0 Å². The second-order valence-electron chi connectivity index (χ2n) is 2.92. The summed E-state index contributed by atoms with van der Waals surface area (Å²) in [5, 5.41) is 6.92. The molecule has 0 fully saturated rings. The van der Waals surface area contributed by atoms with Gasteiger partial charge in [0.2, 0.25) is 5.03 Å². The van der Waals surface area contributed by atoms with Gasteiger partial charge in [-0.25, -0.2) is 13.1 Å². The van der Waals surface area contributed by atoms with Gasteiger partial charge >= 0.3 is 0 Å². The molecule has 2 aromatic rings. The maximum atomic E-state index is 11.0. The van der Waals surface area contributed by atoms with Gasteiger partial charge in [-0.1, -0.05) is 11.3 Å². The fraction of sp³-hybridized carbons (Fsp3) is 0. The average molecular weight is 370 g/mol. The molecule has 0 aliphatic rings. The first-order valence-corrected chi connectivity index (χ1v) is 7.48. The van der Waals surface area contributed by atoms with Gasteiger partial charge in [-0.2, -0.15) is 0 Å². The van der Waals surface area contributed by atoms with E-state index in [2.05, 4.69) is 32.9 Å². The summed E-state index contributed by atoms with van der Waals surface area (Å²) in [6.45, 7) is 0. The fourth-order valence-electron chi connectivity index (χ4n) is 1.11. The Kier molecular flexibility index (Phi) is 3.17. The molecule has 84 valence electrons. The molecule has 0 amide bonds. The number of halogens is 2. The van der Waals surface area contributed by atoms with Crippen LogP contribution in [0.2, 0.25) is 0 Å². The maximum Gasteiger partial charge on any atom is 0.282 e. The molecule has 0 aliphatic heterocycles. The molecule has 1 heterocycles. The van der Waals surface area contributed by atoms with Crippen LogP contribution in [-0.2, 0) is 9.05 Å². The summed E-state index contributed by atoms with van der Waals surface area (Å²) in [6, 6.07) is 7.40. The number of benzene rings is 1. The second kappa shape index (κ2) is 4.30. The fourth-order valence-corrected chi connectivity index (χ4v) is 2.20. The molecule has 8 heteroatoms. The monoisotopic (exact) mass is 369 g/mol. The summed E-state index contributed by atoms with van der Waals surface area (Å²) in [6.07, 6.45) is 1.27. The van der Waals surface area contributed by atoms with Gasteiger partial charge in [-0.05, 0) is 40.8 Å². The molecular weight excluding hydrogens is 365 g/mol. The van der Waals surface area contributed by atoms with Crippen molar-refractivity contribution in [1.82, 2.24) is 15.0 Å². The third-order valence-corrected chi connectivity index (χ3v) is 3.63. The molecule has 0 radical (unpaired) electrons. The van der Waals surface area contributed by atoms with Crippen LogP contribution in [0, 0.1) is 3.57 Å². The van der Waals surface area contributed by atoms with E-state index in [4.69, 9.17) is 10.7 Å². The Morgan fingerprint density at radius 3 is 2.69 bits per heavy atom. The highest BCUT2D eigenvalue weighted by atomic mass is 127. The number of hydrogen-bond donors (Lipinski definition) is 0. The summed E-state index contributed by atoms with van der Waals surface area (Å²) in [7, 11) is 1.32. The molecule has 1 aromatic heterocycles. The predicted molar refractivity (Wildman–Crippen MR) is 67.1 cm³/mol. The normalized spacial score (nSPS) is 11.6. The van der Waals surface area contributed by atoms with Crippen LogP contribution in [-0.4, -0.2) is 23.4 Å². The topological polar surface area (TPSA) is 64.8 Å². The van der Waals surface area contributed by atoms with Gasteiger partial charge in [0.05, 0.1) is 11.9 Å². The van der Waals surface area contributed by atoms with E-state index in [9.17, 15) is 8.42 Å². The molecule has 5 nitrogen and oxygen atoms in total. The highest BCUT2D eigenvalue weighted by Gasteiger charge is 2.15. The standard InChI is InChI=1S/C8H5ClIN3O2S/c9-16(14,15)8-5-13(12-11-8)7-3-1-2-6(10)4-7/h1-5H. The van der Waals surface area contributed by atoms with Crippen LogP contribution in [0.15, 0.2) is 35.5 Å². The van der Waals surface area contributed by atoms with Crippen molar-refractivity contribution in [3.8, 4) is 5.69 Å². The van der Waals surface area contributed by atoms with E-state index in [-0.39, 0.29) is 5.03 Å². The van der Waals surface area contributed by atoms with E-state index in [0.29, 0.717) is 0 Å². The van der Waals surface area contributed by atoms with Gasteiger partial charge < -0.3 is 0 Å². The summed E-state index contributed by atoms with van der Waals surface area (Å²) < 4.78 is 24.4. The van der Waals surface area contributed by atoms with E-state index < -0.39 is 9.05 Å². The number of hydrogen-bond acceptors (Lipinski definition) is 4. The molecule has 0 atom stereocenters. The van der Waals surface area contributed by atoms with E-state index in [1.54, 1.807) is 6.07 Å². The summed E-state index contributed by atoms with van der Waals surface area (Å²) in [5.41, 5.74) is 0.728. The van der Waals surface area contributed by atoms with Crippen molar-refractivity contribution >= 4 is 42.3 Å². The van der Waals surface area contributed by atoms with Crippen molar-refractivity contribution in [2.24, 2.45) is 0 Å². The molecule has 0 aliphatic carbocycles. The minimum absolute atomic E-state index is 0.256. The summed E-state index contributed by atoms with van der Waals surface area (Å²) >= 11 is 2.15. The Labute approximate surface area is 110 Å². The lowest BCUT2D eigenvalue weighted by atomic mass is 10.3. The van der Waals surface area contributed by atoms with Crippen molar-refractivity contribution in [2.75, 3.05) is 0 Å². The van der Waals surface area contributed by atoms with Crippen LogP contribution in [0.3, 0.4) is 0 Å². The third kappa shape index (κ3) is 2.53. The first-order chi connectivity index (χ1) is 7.47. The lowest BCUT2D eigenvalue weighted by molar-refractivity contribution is 0.605. The highest BCUT2D eigenvalue weighted by molar-refractivity contribution is 14.1. The zero-order valence-corrected chi connectivity index (χ0v) is 11.4. The molecule has 0 saturated heterocycles. The van der Waals surface area contributed by atoms with Crippen LogP contribution in [0.1, 0.15) is 0 Å². The highest BCUT2D eigenvalue weighted by Crippen LogP contribution is 2.15. The molecule has 1 aromatic carbocycles. The first kappa shape index (κ1) is 11.8. The molecule has 0 saturated carbocycles. The first-order valence-electron chi connectivity index (χ1n) is 4.10. The number of nitrogens with zero attached hydrogens (tertiary/aromatic N) is 3. The van der Waals surface area contributed by atoms with Gasteiger partial charge in [0.15, 0.2) is 0 Å². The molecule has 0 unspecified atom stereocenters. The smallest absolute Gasteiger partial charge is 0.219 e. The Bertz CT molecular complexity index is 626. The Morgan fingerprint density at radius 2 is 2.12 bits per heavy atom. The quantitative estimate of drug-likeness (QED) is 0.598. The van der Waals surface area contributed by atoms with Crippen LogP contribution in [0.25, 0.3) is 5.69 Å². The van der Waals surface area contributed by atoms with E-state index in [1.807, 2.05) is 18.2 Å². The van der Waals surface area contributed by atoms with Crippen LogP contribution in [0.4, 0.5) is 0 Å².